The van der Waals surface area contributed by atoms with E-state index in [0.29, 0.717) is 10.3 Å². The van der Waals surface area contributed by atoms with E-state index in [9.17, 15) is 5.11 Å². The summed E-state index contributed by atoms with van der Waals surface area (Å²) in [6, 6.07) is 3.60. The molecule has 0 aliphatic carbocycles. The lowest BCUT2D eigenvalue weighted by molar-refractivity contribution is 0.190. The summed E-state index contributed by atoms with van der Waals surface area (Å²) in [5.41, 5.74) is 5.91. The van der Waals surface area contributed by atoms with E-state index in [0.717, 1.165) is 29.5 Å². The highest BCUT2D eigenvalue weighted by Gasteiger charge is 2.14. The minimum Gasteiger partial charge on any atom is -0.386 e. The molecule has 0 radical (unpaired) electrons. The molecule has 1 fully saturated rings. The van der Waals surface area contributed by atoms with Gasteiger partial charge in [-0.1, -0.05) is 11.6 Å². The van der Waals surface area contributed by atoms with E-state index in [1.54, 1.807) is 6.07 Å². The molecule has 18 heavy (non-hydrogen) atoms. The van der Waals surface area contributed by atoms with Crippen molar-refractivity contribution in [1.29, 1.82) is 0 Å². The third kappa shape index (κ3) is 3.78. The van der Waals surface area contributed by atoms with E-state index in [4.69, 9.17) is 17.3 Å². The molecule has 0 aromatic carbocycles. The summed E-state index contributed by atoms with van der Waals surface area (Å²) in [5, 5.41) is 9.95. The minimum absolute atomic E-state index is 0.284. The summed E-state index contributed by atoms with van der Waals surface area (Å²) in [6.45, 7) is 2.15. The fourth-order valence-corrected chi connectivity index (χ4v) is 3.61. The van der Waals surface area contributed by atoms with Crippen LogP contribution < -0.4 is 5.73 Å². The molecule has 3 N–H and O–H groups in total. The number of hydrogen-bond donors (Lipinski definition) is 2. The number of nitrogens with zero attached hydrogens (tertiary/aromatic N) is 2. The Labute approximate surface area is 120 Å². The van der Waals surface area contributed by atoms with Gasteiger partial charge < -0.3 is 15.7 Å². The van der Waals surface area contributed by atoms with Crippen molar-refractivity contribution in [3.63, 3.8) is 0 Å². The Morgan fingerprint density at radius 2 is 2.22 bits per heavy atom. The van der Waals surface area contributed by atoms with E-state index in [2.05, 4.69) is 9.89 Å². The Morgan fingerprint density at radius 1 is 1.50 bits per heavy atom. The molecule has 1 aliphatic heterocycles. The molecular formula is C11H16ClN3OS2. The summed E-state index contributed by atoms with van der Waals surface area (Å²) in [6.07, 6.45) is -0.625. The lowest BCUT2D eigenvalue weighted by atomic mass is 10.3. The van der Waals surface area contributed by atoms with Gasteiger partial charge in [0.1, 0.15) is 6.10 Å². The maximum atomic E-state index is 9.95. The van der Waals surface area contributed by atoms with Crippen molar-refractivity contribution >= 4 is 40.7 Å². The highest BCUT2D eigenvalue weighted by Crippen LogP contribution is 2.26. The molecule has 7 heteroatoms. The Hall–Kier alpha value is -0.430. The van der Waals surface area contributed by atoms with Gasteiger partial charge in [-0.15, -0.1) is 11.3 Å². The number of nitrogens with two attached hydrogens (primary N) is 1. The maximum absolute atomic E-state index is 9.95. The van der Waals surface area contributed by atoms with Crippen LogP contribution in [0.4, 0.5) is 0 Å². The SMILES string of the molecule is NC(=NCC(O)c1ccc(Cl)s1)N1CCSCC1. The number of aliphatic hydroxyl groups is 1. The monoisotopic (exact) mass is 305 g/mol. The predicted molar refractivity (Wildman–Crippen MR) is 79.7 cm³/mol. The molecule has 0 spiro atoms. The van der Waals surface area contributed by atoms with Crippen LogP contribution in [0, 0.1) is 0 Å². The van der Waals surface area contributed by atoms with Crippen LogP contribution in [0.1, 0.15) is 11.0 Å². The normalized spacial score (nSPS) is 19.0. The zero-order chi connectivity index (χ0) is 13.0. The molecule has 0 saturated carbocycles. The Balaban J connectivity index is 1.88. The van der Waals surface area contributed by atoms with Gasteiger partial charge >= 0.3 is 0 Å². The number of hydrogen-bond acceptors (Lipinski definition) is 4. The second-order valence-electron chi connectivity index (χ2n) is 3.96. The third-order valence-electron chi connectivity index (χ3n) is 2.68. The topological polar surface area (TPSA) is 61.9 Å². The Morgan fingerprint density at radius 3 is 2.83 bits per heavy atom. The van der Waals surface area contributed by atoms with E-state index in [1.165, 1.54) is 11.3 Å². The standard InChI is InChI=1S/C11H16ClN3OS2/c12-10-2-1-9(18-10)8(16)7-14-11(13)15-3-5-17-6-4-15/h1-2,8,16H,3-7H2,(H2,13,14). The van der Waals surface area contributed by atoms with Gasteiger partial charge in [0.05, 0.1) is 10.9 Å². The fourth-order valence-electron chi connectivity index (χ4n) is 1.67. The van der Waals surface area contributed by atoms with Crippen LogP contribution in [0.2, 0.25) is 4.34 Å². The summed E-state index contributed by atoms with van der Waals surface area (Å²) in [7, 11) is 0. The first-order valence-corrected chi connectivity index (χ1v) is 8.07. The molecule has 1 aromatic heterocycles. The Kier molecular flexibility index (Phi) is 5.17. The molecule has 1 unspecified atom stereocenters. The summed E-state index contributed by atoms with van der Waals surface area (Å²) in [4.78, 5) is 7.14. The number of thioether (sulfide) groups is 1. The maximum Gasteiger partial charge on any atom is 0.191 e. The van der Waals surface area contributed by atoms with Gasteiger partial charge in [0.15, 0.2) is 5.96 Å². The first-order valence-electron chi connectivity index (χ1n) is 5.72. The van der Waals surface area contributed by atoms with E-state index >= 15 is 0 Å². The molecule has 2 heterocycles. The average molecular weight is 306 g/mol. The van der Waals surface area contributed by atoms with Crippen molar-refractivity contribution in [3.8, 4) is 0 Å². The van der Waals surface area contributed by atoms with Gasteiger partial charge in [-0.2, -0.15) is 11.8 Å². The largest absolute Gasteiger partial charge is 0.386 e. The van der Waals surface area contributed by atoms with Crippen molar-refractivity contribution in [3.05, 3.63) is 21.3 Å². The zero-order valence-electron chi connectivity index (χ0n) is 9.88. The van der Waals surface area contributed by atoms with Gasteiger partial charge in [0.25, 0.3) is 0 Å². The van der Waals surface area contributed by atoms with E-state index in [1.807, 2.05) is 17.8 Å². The molecule has 4 nitrogen and oxygen atoms in total. The molecule has 0 bridgehead atoms. The van der Waals surface area contributed by atoms with Crippen molar-refractivity contribution in [2.45, 2.75) is 6.10 Å². The number of guanidine groups is 1. The van der Waals surface area contributed by atoms with Crippen LogP contribution in [-0.2, 0) is 0 Å². The lowest BCUT2D eigenvalue weighted by Crippen LogP contribution is -2.42. The van der Waals surface area contributed by atoms with Gasteiger partial charge in [-0.3, -0.25) is 4.99 Å². The van der Waals surface area contributed by atoms with Crippen molar-refractivity contribution in [2.24, 2.45) is 10.7 Å². The second kappa shape index (κ2) is 6.65. The number of aliphatic imine (C=N–C) groups is 1. The summed E-state index contributed by atoms with van der Waals surface area (Å²) in [5.74, 6) is 2.69. The quantitative estimate of drug-likeness (QED) is 0.660. The number of rotatable bonds is 3. The lowest BCUT2D eigenvalue weighted by Gasteiger charge is -2.27. The van der Waals surface area contributed by atoms with Gasteiger partial charge in [-0.05, 0) is 12.1 Å². The highest BCUT2D eigenvalue weighted by molar-refractivity contribution is 7.99. The third-order valence-corrected chi connectivity index (χ3v) is 4.96. The van der Waals surface area contributed by atoms with Crippen molar-refractivity contribution < 1.29 is 5.11 Å². The first-order chi connectivity index (χ1) is 8.66. The van der Waals surface area contributed by atoms with Crippen LogP contribution in [0.3, 0.4) is 0 Å². The molecule has 1 aliphatic rings. The van der Waals surface area contributed by atoms with Crippen LogP contribution in [0.25, 0.3) is 0 Å². The van der Waals surface area contributed by atoms with Gasteiger partial charge in [0, 0.05) is 29.5 Å². The molecule has 100 valence electrons. The molecule has 1 saturated heterocycles. The number of thiophene rings is 1. The van der Waals surface area contributed by atoms with Crippen LogP contribution in [-0.4, -0.2) is 47.1 Å². The first kappa shape index (κ1) is 14.0. The highest BCUT2D eigenvalue weighted by atomic mass is 35.5. The van der Waals surface area contributed by atoms with Gasteiger partial charge in [-0.25, -0.2) is 0 Å². The second-order valence-corrected chi connectivity index (χ2v) is 6.93. The average Bonchev–Trinajstić information content (AvgIpc) is 2.83. The van der Waals surface area contributed by atoms with Crippen LogP contribution in [0.5, 0.6) is 0 Å². The molecule has 0 amide bonds. The van der Waals surface area contributed by atoms with E-state index < -0.39 is 6.10 Å². The molecule has 1 atom stereocenters. The smallest absolute Gasteiger partial charge is 0.191 e. The zero-order valence-corrected chi connectivity index (χ0v) is 12.3. The van der Waals surface area contributed by atoms with Crippen molar-refractivity contribution in [2.75, 3.05) is 31.1 Å². The predicted octanol–water partition coefficient (Wildman–Crippen LogP) is 1.80. The van der Waals surface area contributed by atoms with E-state index in [-0.39, 0.29) is 6.54 Å². The summed E-state index contributed by atoms with van der Waals surface area (Å²) < 4.78 is 0.675. The molecule has 2 rings (SSSR count). The van der Waals surface area contributed by atoms with Crippen LogP contribution >= 0.6 is 34.7 Å². The molecular weight excluding hydrogens is 290 g/mol. The fraction of sp³-hybridized carbons (Fsp3) is 0.545. The van der Waals surface area contributed by atoms with Gasteiger partial charge in [0.2, 0.25) is 0 Å². The molecule has 1 aromatic rings. The van der Waals surface area contributed by atoms with Crippen molar-refractivity contribution in [1.82, 2.24) is 4.90 Å². The number of halogens is 1. The Bertz CT molecular complexity index is 418. The summed E-state index contributed by atoms with van der Waals surface area (Å²) >= 11 is 9.12. The van der Waals surface area contributed by atoms with Crippen LogP contribution in [0.15, 0.2) is 17.1 Å². The minimum atomic E-state index is -0.625. The number of aliphatic hydroxyl groups excluding tert-OH is 1.